The molecule has 2 aromatic carbocycles. The van der Waals surface area contributed by atoms with Gasteiger partial charge in [-0.2, -0.15) is 4.73 Å². The molecule has 1 aliphatic rings. The van der Waals surface area contributed by atoms with Gasteiger partial charge in [-0.15, -0.1) is 11.8 Å². The monoisotopic (exact) mass is 440 g/mol. The lowest BCUT2D eigenvalue weighted by Gasteiger charge is -2.13. The number of hydrogen-bond acceptors (Lipinski definition) is 8. The number of nitrogens with one attached hydrogen (secondary N) is 1. The Hall–Kier alpha value is -3.37. The summed E-state index contributed by atoms with van der Waals surface area (Å²) in [5.41, 5.74) is 0.508. The van der Waals surface area contributed by atoms with Gasteiger partial charge < -0.3 is 9.94 Å². The molecule has 31 heavy (non-hydrogen) atoms. The lowest BCUT2D eigenvalue weighted by Crippen LogP contribution is -2.33. The normalized spacial score (nSPS) is 19.7. The van der Waals surface area contributed by atoms with Crippen molar-refractivity contribution >= 4 is 23.4 Å². The number of nitrogens with zero attached hydrogens (tertiary/aromatic N) is 3. The summed E-state index contributed by atoms with van der Waals surface area (Å²) in [4.78, 5) is 27.9. The molecule has 2 heterocycles. The van der Waals surface area contributed by atoms with Crippen LogP contribution in [0.2, 0.25) is 0 Å². The van der Waals surface area contributed by atoms with Crippen LogP contribution >= 0.6 is 11.8 Å². The third-order valence-corrected chi connectivity index (χ3v) is 6.26. The van der Waals surface area contributed by atoms with Gasteiger partial charge in [0, 0.05) is 23.4 Å². The highest BCUT2D eigenvalue weighted by Gasteiger charge is 2.61. The molecule has 1 fully saturated rings. The fourth-order valence-corrected chi connectivity index (χ4v) is 4.38. The van der Waals surface area contributed by atoms with Gasteiger partial charge in [0.25, 0.3) is 5.69 Å². The highest BCUT2D eigenvalue weighted by molar-refractivity contribution is 7.98. The second-order valence-electron chi connectivity index (χ2n) is 7.14. The van der Waals surface area contributed by atoms with Gasteiger partial charge in [0.15, 0.2) is 5.82 Å². The zero-order valence-corrected chi connectivity index (χ0v) is 17.4. The summed E-state index contributed by atoms with van der Waals surface area (Å²) < 4.78 is 6.01. The minimum atomic E-state index is -0.959. The smallest absolute Gasteiger partial charge is 0.328 e. The molecule has 2 atom stereocenters. The van der Waals surface area contributed by atoms with Crippen molar-refractivity contribution in [3.63, 3.8) is 0 Å². The first kappa shape index (κ1) is 20.9. The molecule has 1 aliphatic heterocycles. The molecule has 1 unspecified atom stereocenters. The van der Waals surface area contributed by atoms with Crippen LogP contribution in [0.5, 0.6) is 0 Å². The number of benzene rings is 2. The predicted molar refractivity (Wildman–Crippen MR) is 113 cm³/mol. The maximum absolute atomic E-state index is 12.5. The second-order valence-corrected chi connectivity index (χ2v) is 8.19. The van der Waals surface area contributed by atoms with E-state index in [2.05, 4.69) is 10.3 Å². The summed E-state index contributed by atoms with van der Waals surface area (Å²) in [5.74, 6) is 0.370. The number of methoxy groups -OCH3 is 1. The van der Waals surface area contributed by atoms with Crippen LogP contribution in [0.3, 0.4) is 0 Å². The zero-order valence-electron chi connectivity index (χ0n) is 16.6. The Morgan fingerprint density at radius 1 is 1.29 bits per heavy atom. The van der Waals surface area contributed by atoms with E-state index in [0.29, 0.717) is 17.3 Å². The third-order valence-electron chi connectivity index (χ3n) is 5.25. The van der Waals surface area contributed by atoms with Crippen molar-refractivity contribution < 1.29 is 19.7 Å². The summed E-state index contributed by atoms with van der Waals surface area (Å²) in [6, 6.07) is 15.5. The number of thioether (sulfide) groups is 1. The van der Waals surface area contributed by atoms with Gasteiger partial charge in [-0.05, 0) is 17.7 Å². The number of aromatic nitrogens is 2. The van der Waals surface area contributed by atoms with E-state index in [1.165, 1.54) is 31.0 Å². The number of hydrogen-bond donors (Lipinski definition) is 2. The highest BCUT2D eigenvalue weighted by atomic mass is 32.2. The van der Waals surface area contributed by atoms with E-state index in [4.69, 9.17) is 4.74 Å². The van der Waals surface area contributed by atoms with Crippen LogP contribution in [-0.4, -0.2) is 38.5 Å². The molecule has 3 aromatic rings. The minimum absolute atomic E-state index is 0.0216. The van der Waals surface area contributed by atoms with Crippen molar-refractivity contribution in [2.24, 2.45) is 0 Å². The van der Waals surface area contributed by atoms with Crippen molar-refractivity contribution in [3.05, 3.63) is 88.0 Å². The van der Waals surface area contributed by atoms with Crippen molar-refractivity contribution in [2.75, 3.05) is 7.11 Å². The molecule has 9 nitrogen and oxygen atoms in total. The predicted octanol–water partition coefficient (Wildman–Crippen LogP) is 3.12. The third kappa shape index (κ3) is 4.12. The van der Waals surface area contributed by atoms with Crippen molar-refractivity contribution in [1.82, 2.24) is 15.0 Å². The Kier molecular flexibility index (Phi) is 5.66. The molecule has 0 spiro atoms. The zero-order chi connectivity index (χ0) is 22.0. The average Bonchev–Trinajstić information content (AvgIpc) is 3.43. The standard InChI is InChI=1S/C21H20N4O5S/c1-30-20(26)21(19(23-21)14-5-3-2-4-6-14)11-16-12-22-18(24(16)27)13-31-17-9-7-15(8-10-17)25(28)29/h2-10,12,19,23,27H,11,13H2,1H3/t19?,21-/m1/s1. The maximum Gasteiger partial charge on any atom is 0.328 e. The van der Waals surface area contributed by atoms with E-state index in [0.717, 1.165) is 15.2 Å². The lowest BCUT2D eigenvalue weighted by atomic mass is 9.94. The molecule has 160 valence electrons. The number of carbonyl (C=O) groups excluding carboxylic acids is 1. The number of ether oxygens (including phenoxy) is 1. The summed E-state index contributed by atoms with van der Waals surface area (Å²) in [6.45, 7) is 0. The summed E-state index contributed by atoms with van der Waals surface area (Å²) in [7, 11) is 1.34. The van der Waals surface area contributed by atoms with E-state index >= 15 is 0 Å². The molecule has 0 saturated carbocycles. The van der Waals surface area contributed by atoms with E-state index in [-0.39, 0.29) is 18.2 Å². The molecule has 4 rings (SSSR count). The second kappa shape index (κ2) is 8.40. The van der Waals surface area contributed by atoms with Gasteiger partial charge in [0.2, 0.25) is 0 Å². The van der Waals surface area contributed by atoms with Gasteiger partial charge >= 0.3 is 5.97 Å². The Morgan fingerprint density at radius 3 is 2.65 bits per heavy atom. The molecule has 0 bridgehead atoms. The largest absolute Gasteiger partial charge is 0.468 e. The maximum atomic E-state index is 12.5. The fraction of sp³-hybridized carbons (Fsp3) is 0.238. The number of nitro groups is 1. The van der Waals surface area contributed by atoms with E-state index < -0.39 is 16.4 Å². The van der Waals surface area contributed by atoms with Crippen LogP contribution in [0.1, 0.15) is 23.1 Å². The number of imidazole rings is 1. The topological polar surface area (TPSA) is 129 Å². The van der Waals surface area contributed by atoms with Gasteiger partial charge in [-0.3, -0.25) is 15.4 Å². The van der Waals surface area contributed by atoms with E-state index in [1.54, 1.807) is 18.3 Å². The molecule has 0 aliphatic carbocycles. The quantitative estimate of drug-likeness (QED) is 0.136. The van der Waals surface area contributed by atoms with Crippen LogP contribution in [0.4, 0.5) is 5.69 Å². The minimum Gasteiger partial charge on any atom is -0.468 e. The molecule has 0 amide bonds. The number of esters is 1. The van der Waals surface area contributed by atoms with Crippen LogP contribution in [0.15, 0.2) is 65.7 Å². The molecular weight excluding hydrogens is 420 g/mol. The lowest BCUT2D eigenvalue weighted by molar-refractivity contribution is -0.384. The molecule has 1 saturated heterocycles. The Labute approximate surface area is 182 Å². The molecule has 1 aromatic heterocycles. The van der Waals surface area contributed by atoms with Gasteiger partial charge in [-0.25, -0.2) is 9.78 Å². The van der Waals surface area contributed by atoms with Gasteiger partial charge in [0.1, 0.15) is 5.54 Å². The highest BCUT2D eigenvalue weighted by Crippen LogP contribution is 2.44. The molecular formula is C21H20N4O5S. The summed E-state index contributed by atoms with van der Waals surface area (Å²) >= 11 is 1.39. The molecule has 0 radical (unpaired) electrons. The van der Waals surface area contributed by atoms with E-state index in [1.807, 2.05) is 30.3 Å². The first-order valence-corrected chi connectivity index (χ1v) is 10.5. The number of nitro benzene ring substituents is 1. The molecule has 10 heteroatoms. The SMILES string of the molecule is COC(=O)[C@]1(Cc2cnc(CSc3ccc([N+](=O)[O-])cc3)n2O)NC1c1ccccc1. The Balaban J connectivity index is 1.47. The first-order chi connectivity index (χ1) is 14.9. The van der Waals surface area contributed by atoms with Crippen LogP contribution in [-0.2, 0) is 21.7 Å². The van der Waals surface area contributed by atoms with Crippen molar-refractivity contribution in [2.45, 2.75) is 28.6 Å². The Bertz CT molecular complexity index is 1100. The first-order valence-electron chi connectivity index (χ1n) is 9.47. The fourth-order valence-electron chi connectivity index (χ4n) is 3.55. The van der Waals surface area contributed by atoms with E-state index in [9.17, 15) is 20.1 Å². The molecule has 2 N–H and O–H groups in total. The number of carbonyl (C=O) groups is 1. The average molecular weight is 440 g/mol. The number of rotatable bonds is 8. The Morgan fingerprint density at radius 2 is 2.00 bits per heavy atom. The number of non-ortho nitro benzene ring substituents is 1. The van der Waals surface area contributed by atoms with Crippen LogP contribution in [0.25, 0.3) is 0 Å². The van der Waals surface area contributed by atoms with Crippen LogP contribution in [0, 0.1) is 10.1 Å². The van der Waals surface area contributed by atoms with Gasteiger partial charge in [0.05, 0.1) is 35.7 Å². The van der Waals surface area contributed by atoms with Crippen LogP contribution < -0.4 is 5.32 Å². The van der Waals surface area contributed by atoms with Gasteiger partial charge in [-0.1, -0.05) is 30.3 Å². The summed E-state index contributed by atoms with van der Waals surface area (Å²) in [6.07, 6.45) is 1.75. The van der Waals surface area contributed by atoms with Crippen molar-refractivity contribution in [3.8, 4) is 0 Å². The van der Waals surface area contributed by atoms with Crippen molar-refractivity contribution in [1.29, 1.82) is 0 Å². The summed E-state index contributed by atoms with van der Waals surface area (Å²) in [5, 5.41) is 24.6.